The van der Waals surface area contributed by atoms with Crippen LogP contribution < -0.4 is 0 Å². The van der Waals surface area contributed by atoms with Crippen molar-refractivity contribution in [3.8, 4) is 0 Å². The van der Waals surface area contributed by atoms with Crippen molar-refractivity contribution in [2.24, 2.45) is 5.92 Å². The van der Waals surface area contributed by atoms with Crippen molar-refractivity contribution in [1.82, 2.24) is 0 Å². The van der Waals surface area contributed by atoms with E-state index in [9.17, 15) is 13.6 Å². The Balaban J connectivity index is 1.97. The molecule has 104 valence electrons. The molecule has 0 amide bonds. The fraction of sp³-hybridized carbons (Fsp3) is 0.500. The molecule has 0 N–H and O–H groups in total. The Labute approximate surface area is 110 Å². The molecule has 19 heavy (non-hydrogen) atoms. The van der Waals surface area contributed by atoms with Crippen molar-refractivity contribution in [3.05, 3.63) is 35.4 Å². The highest BCUT2D eigenvalue weighted by molar-refractivity contribution is 5.77. The van der Waals surface area contributed by atoms with Gasteiger partial charge in [0.15, 0.2) is 11.6 Å². The van der Waals surface area contributed by atoms with E-state index in [0.717, 1.165) is 6.07 Å². The molecule has 0 aliphatic heterocycles. The first-order valence-electron chi connectivity index (χ1n) is 6.18. The highest BCUT2D eigenvalue weighted by Gasteiger charge is 2.47. The Bertz CT molecular complexity index is 476. The smallest absolute Gasteiger partial charge is 0.309 e. The predicted octanol–water partition coefficient (Wildman–Crippen LogP) is 2.65. The van der Waals surface area contributed by atoms with Gasteiger partial charge in [-0.2, -0.15) is 0 Å². The molecule has 1 aromatic rings. The Morgan fingerprint density at radius 2 is 2.21 bits per heavy atom. The quantitative estimate of drug-likeness (QED) is 0.772. The largest absolute Gasteiger partial charge is 0.460 e. The van der Waals surface area contributed by atoms with Crippen LogP contribution in [0.2, 0.25) is 0 Å². The van der Waals surface area contributed by atoms with Crippen molar-refractivity contribution in [1.29, 1.82) is 0 Å². The van der Waals surface area contributed by atoms with Crippen LogP contribution in [0, 0.1) is 17.6 Å². The van der Waals surface area contributed by atoms with E-state index >= 15 is 0 Å². The number of hydrogen-bond donors (Lipinski definition) is 0. The summed E-state index contributed by atoms with van der Waals surface area (Å²) in [6.07, 6.45) is 0.162. The second kappa shape index (κ2) is 5.65. The van der Waals surface area contributed by atoms with Gasteiger partial charge >= 0.3 is 5.97 Å². The third-order valence-corrected chi connectivity index (χ3v) is 3.19. The maximum absolute atomic E-state index is 13.6. The minimum absolute atomic E-state index is 0.251. The lowest BCUT2D eigenvalue weighted by Crippen LogP contribution is -2.21. The number of carbonyl (C=O) groups excluding carboxylic acids is 1. The summed E-state index contributed by atoms with van der Waals surface area (Å²) in [5.74, 6) is -2.79. The van der Waals surface area contributed by atoms with Gasteiger partial charge in [0.05, 0.1) is 12.5 Å². The minimum atomic E-state index is -0.885. The first-order valence-corrected chi connectivity index (χ1v) is 6.18. The fourth-order valence-electron chi connectivity index (χ4n) is 2.16. The van der Waals surface area contributed by atoms with E-state index < -0.39 is 11.6 Å². The number of carbonyl (C=O) groups is 1. The zero-order chi connectivity index (χ0) is 14.0. The zero-order valence-corrected chi connectivity index (χ0v) is 10.9. The van der Waals surface area contributed by atoms with Crippen LogP contribution in [-0.2, 0) is 14.3 Å². The summed E-state index contributed by atoms with van der Waals surface area (Å²) in [6.45, 7) is 2.04. The van der Waals surface area contributed by atoms with Crippen LogP contribution in [0.1, 0.15) is 24.8 Å². The molecule has 1 aliphatic rings. The SMILES string of the molecule is COCC(C)OC(=O)C1CC1c1cccc(F)c1F. The molecule has 0 radical (unpaired) electrons. The van der Waals surface area contributed by atoms with Crippen molar-refractivity contribution in [3.63, 3.8) is 0 Å². The van der Waals surface area contributed by atoms with E-state index in [1.807, 2.05) is 0 Å². The molecule has 1 fully saturated rings. The lowest BCUT2D eigenvalue weighted by molar-refractivity contribution is -0.152. The molecule has 3 nitrogen and oxygen atoms in total. The molecule has 2 rings (SSSR count). The standard InChI is InChI=1S/C14H16F2O3/c1-8(7-18-2)19-14(17)11-6-10(11)9-4-3-5-12(15)13(9)16/h3-5,8,10-11H,6-7H2,1-2H3. The molecule has 0 spiro atoms. The maximum Gasteiger partial charge on any atom is 0.309 e. The molecule has 5 heteroatoms. The van der Waals surface area contributed by atoms with Crippen LogP contribution >= 0.6 is 0 Å². The molecular formula is C14H16F2O3. The summed E-state index contributed by atoms with van der Waals surface area (Å²) >= 11 is 0. The van der Waals surface area contributed by atoms with Crippen LogP contribution in [0.15, 0.2) is 18.2 Å². The highest BCUT2D eigenvalue weighted by Crippen LogP contribution is 2.49. The van der Waals surface area contributed by atoms with Gasteiger partial charge in [-0.3, -0.25) is 4.79 Å². The van der Waals surface area contributed by atoms with Gasteiger partial charge in [-0.05, 0) is 25.0 Å². The van der Waals surface area contributed by atoms with Crippen molar-refractivity contribution >= 4 is 5.97 Å². The van der Waals surface area contributed by atoms with Gasteiger partial charge < -0.3 is 9.47 Å². The molecule has 1 saturated carbocycles. The van der Waals surface area contributed by atoms with Gasteiger partial charge in [-0.1, -0.05) is 12.1 Å². The van der Waals surface area contributed by atoms with E-state index in [1.54, 1.807) is 6.92 Å². The molecule has 1 aromatic carbocycles. The van der Waals surface area contributed by atoms with Gasteiger partial charge in [0.2, 0.25) is 0 Å². The molecule has 0 aromatic heterocycles. The summed E-state index contributed by atoms with van der Waals surface area (Å²) in [5.41, 5.74) is 0.251. The van der Waals surface area contributed by atoms with E-state index in [0.29, 0.717) is 13.0 Å². The minimum Gasteiger partial charge on any atom is -0.460 e. The first-order chi connectivity index (χ1) is 9.04. The van der Waals surface area contributed by atoms with Crippen molar-refractivity contribution in [2.45, 2.75) is 25.4 Å². The van der Waals surface area contributed by atoms with Crippen LogP contribution in [0.5, 0.6) is 0 Å². The number of methoxy groups -OCH3 is 1. The highest BCUT2D eigenvalue weighted by atomic mass is 19.2. The summed E-state index contributed by atoms with van der Waals surface area (Å²) in [5, 5.41) is 0. The molecule has 0 saturated heterocycles. The summed E-state index contributed by atoms with van der Waals surface area (Å²) in [6, 6.07) is 4.02. The van der Waals surface area contributed by atoms with E-state index in [4.69, 9.17) is 9.47 Å². The van der Waals surface area contributed by atoms with Crippen molar-refractivity contribution in [2.75, 3.05) is 13.7 Å². The Hall–Kier alpha value is -1.49. The number of benzene rings is 1. The van der Waals surface area contributed by atoms with Gasteiger partial charge in [0, 0.05) is 13.0 Å². The Morgan fingerprint density at radius 3 is 2.89 bits per heavy atom. The van der Waals surface area contributed by atoms with E-state index in [2.05, 4.69) is 0 Å². The summed E-state index contributed by atoms with van der Waals surface area (Å²) < 4.78 is 36.7. The third kappa shape index (κ3) is 3.10. The van der Waals surface area contributed by atoms with Crippen molar-refractivity contribution < 1.29 is 23.0 Å². The summed E-state index contributed by atoms with van der Waals surface area (Å²) in [7, 11) is 1.52. The van der Waals surface area contributed by atoms with Crippen LogP contribution in [-0.4, -0.2) is 25.8 Å². The average Bonchev–Trinajstić information content (AvgIpc) is 3.13. The van der Waals surface area contributed by atoms with Crippen LogP contribution in [0.25, 0.3) is 0 Å². The van der Waals surface area contributed by atoms with Crippen LogP contribution in [0.4, 0.5) is 8.78 Å². The molecule has 0 heterocycles. The second-order valence-corrected chi connectivity index (χ2v) is 4.79. The van der Waals surface area contributed by atoms with Gasteiger partial charge in [0.1, 0.15) is 6.10 Å². The number of hydrogen-bond acceptors (Lipinski definition) is 3. The van der Waals surface area contributed by atoms with E-state index in [-0.39, 0.29) is 29.5 Å². The van der Waals surface area contributed by atoms with Gasteiger partial charge in [0.25, 0.3) is 0 Å². The second-order valence-electron chi connectivity index (χ2n) is 4.79. The van der Waals surface area contributed by atoms with E-state index in [1.165, 1.54) is 19.2 Å². The molecular weight excluding hydrogens is 254 g/mol. The Morgan fingerprint density at radius 1 is 1.47 bits per heavy atom. The summed E-state index contributed by atoms with van der Waals surface area (Å²) in [4.78, 5) is 11.8. The monoisotopic (exact) mass is 270 g/mol. The molecule has 3 atom stereocenters. The topological polar surface area (TPSA) is 35.5 Å². The average molecular weight is 270 g/mol. The van der Waals surface area contributed by atoms with Gasteiger partial charge in [-0.25, -0.2) is 8.78 Å². The normalized spacial score (nSPS) is 22.9. The van der Waals surface area contributed by atoms with Gasteiger partial charge in [-0.15, -0.1) is 0 Å². The lowest BCUT2D eigenvalue weighted by Gasteiger charge is -2.12. The first kappa shape index (κ1) is 13.9. The Kier molecular flexibility index (Phi) is 4.14. The number of halogens is 2. The molecule has 1 aliphatic carbocycles. The fourth-order valence-corrected chi connectivity index (χ4v) is 2.16. The maximum atomic E-state index is 13.6. The number of rotatable bonds is 5. The molecule has 0 bridgehead atoms. The number of esters is 1. The lowest BCUT2D eigenvalue weighted by atomic mass is 10.1. The third-order valence-electron chi connectivity index (χ3n) is 3.19. The predicted molar refractivity (Wildman–Crippen MR) is 64.6 cm³/mol. The number of ether oxygens (including phenoxy) is 2. The zero-order valence-electron chi connectivity index (χ0n) is 10.9. The molecule has 3 unspecified atom stereocenters. The van der Waals surface area contributed by atoms with Crippen LogP contribution in [0.3, 0.4) is 0 Å².